The molecule has 0 spiro atoms. The van der Waals surface area contributed by atoms with Crippen molar-refractivity contribution in [2.24, 2.45) is 0 Å². The van der Waals surface area contributed by atoms with Crippen molar-refractivity contribution in [1.82, 2.24) is 10.2 Å². The molecule has 0 radical (unpaired) electrons. The molecule has 2 aromatic rings. The van der Waals surface area contributed by atoms with Gasteiger partial charge in [0.15, 0.2) is 0 Å². The second-order valence-corrected chi connectivity index (χ2v) is 8.25. The molecule has 2 aliphatic rings. The maximum Gasteiger partial charge on any atom is 0.264 e. The molecule has 1 saturated carbocycles. The van der Waals surface area contributed by atoms with Gasteiger partial charge in [0.25, 0.3) is 11.8 Å². The Morgan fingerprint density at radius 3 is 2.46 bits per heavy atom. The number of piperidine rings is 1. The number of likely N-dealkylation sites (tertiary alicyclic amines) is 1. The molecule has 146 valence electrons. The highest BCUT2D eigenvalue weighted by atomic mass is 32.1. The fourth-order valence-corrected chi connectivity index (χ4v) is 4.09. The van der Waals surface area contributed by atoms with E-state index in [9.17, 15) is 14.4 Å². The maximum atomic E-state index is 12.8. The van der Waals surface area contributed by atoms with Crippen molar-refractivity contribution in [3.05, 3.63) is 52.2 Å². The summed E-state index contributed by atoms with van der Waals surface area (Å²) in [5.74, 6) is -0.345. The van der Waals surface area contributed by atoms with Crippen LogP contribution in [0.5, 0.6) is 0 Å². The Hall–Kier alpha value is -2.67. The lowest BCUT2D eigenvalue weighted by atomic mass is 10.0. The molecule has 1 aliphatic heterocycles. The van der Waals surface area contributed by atoms with E-state index in [0.717, 1.165) is 25.7 Å². The van der Waals surface area contributed by atoms with Crippen molar-refractivity contribution in [2.75, 3.05) is 11.9 Å². The van der Waals surface area contributed by atoms with Gasteiger partial charge in [0.05, 0.1) is 4.88 Å². The van der Waals surface area contributed by atoms with Gasteiger partial charge in [-0.3, -0.25) is 14.4 Å². The molecular weight excluding hydrogens is 374 g/mol. The van der Waals surface area contributed by atoms with E-state index < -0.39 is 6.04 Å². The molecule has 0 bridgehead atoms. The van der Waals surface area contributed by atoms with Crippen LogP contribution in [0.25, 0.3) is 0 Å². The molecule has 6 nitrogen and oxygen atoms in total. The van der Waals surface area contributed by atoms with Gasteiger partial charge < -0.3 is 15.5 Å². The first kappa shape index (κ1) is 18.7. The zero-order chi connectivity index (χ0) is 19.5. The topological polar surface area (TPSA) is 78.5 Å². The van der Waals surface area contributed by atoms with E-state index in [4.69, 9.17) is 0 Å². The molecule has 3 amide bonds. The Morgan fingerprint density at radius 1 is 1.00 bits per heavy atom. The molecule has 2 fully saturated rings. The van der Waals surface area contributed by atoms with E-state index >= 15 is 0 Å². The summed E-state index contributed by atoms with van der Waals surface area (Å²) in [6.07, 6.45) is 4.58. The van der Waals surface area contributed by atoms with Crippen LogP contribution in [0.15, 0.2) is 41.8 Å². The molecule has 0 unspecified atom stereocenters. The molecule has 1 saturated heterocycles. The second-order valence-electron chi connectivity index (χ2n) is 7.30. The number of amides is 3. The molecule has 28 heavy (non-hydrogen) atoms. The van der Waals surface area contributed by atoms with E-state index in [-0.39, 0.29) is 17.7 Å². The average Bonchev–Trinajstić information content (AvgIpc) is 3.36. The van der Waals surface area contributed by atoms with Crippen LogP contribution in [0.2, 0.25) is 0 Å². The summed E-state index contributed by atoms with van der Waals surface area (Å²) in [6, 6.07) is 10.4. The lowest BCUT2D eigenvalue weighted by molar-refractivity contribution is -0.121. The highest BCUT2D eigenvalue weighted by Crippen LogP contribution is 2.23. The SMILES string of the molecule is O=C(NC1CC1)c1ccc(NC(=O)[C@H]2CCCCN2C(=O)c2cccs2)cc1. The van der Waals surface area contributed by atoms with Crippen LogP contribution in [0.1, 0.15) is 52.1 Å². The quantitative estimate of drug-likeness (QED) is 0.813. The summed E-state index contributed by atoms with van der Waals surface area (Å²) in [5.41, 5.74) is 1.21. The largest absolute Gasteiger partial charge is 0.349 e. The minimum Gasteiger partial charge on any atom is -0.349 e. The van der Waals surface area contributed by atoms with Crippen molar-refractivity contribution in [3.8, 4) is 0 Å². The van der Waals surface area contributed by atoms with E-state index in [1.54, 1.807) is 35.2 Å². The number of nitrogens with zero attached hydrogens (tertiary/aromatic N) is 1. The molecule has 2 N–H and O–H groups in total. The molecule has 1 aliphatic carbocycles. The van der Waals surface area contributed by atoms with E-state index in [1.807, 2.05) is 11.4 Å². The van der Waals surface area contributed by atoms with Crippen LogP contribution < -0.4 is 10.6 Å². The normalized spacial score (nSPS) is 19.1. The van der Waals surface area contributed by atoms with Gasteiger partial charge in [-0.2, -0.15) is 0 Å². The Kier molecular flexibility index (Phi) is 5.43. The Labute approximate surface area is 167 Å². The number of carbonyl (C=O) groups excluding carboxylic acids is 3. The zero-order valence-corrected chi connectivity index (χ0v) is 16.3. The van der Waals surface area contributed by atoms with Crippen molar-refractivity contribution >= 4 is 34.7 Å². The number of carbonyl (C=O) groups is 3. The summed E-state index contributed by atoms with van der Waals surface area (Å²) >= 11 is 1.39. The molecular formula is C21H23N3O3S. The van der Waals surface area contributed by atoms with Gasteiger partial charge in [-0.1, -0.05) is 6.07 Å². The van der Waals surface area contributed by atoms with E-state index in [1.165, 1.54) is 11.3 Å². The highest BCUT2D eigenvalue weighted by Gasteiger charge is 2.33. The van der Waals surface area contributed by atoms with Crippen LogP contribution in [0, 0.1) is 0 Å². The predicted molar refractivity (Wildman–Crippen MR) is 109 cm³/mol. The van der Waals surface area contributed by atoms with Gasteiger partial charge in [0, 0.05) is 23.8 Å². The minimum atomic E-state index is -0.471. The zero-order valence-electron chi connectivity index (χ0n) is 15.5. The predicted octanol–water partition coefficient (Wildman–Crippen LogP) is 3.27. The number of hydrogen-bond donors (Lipinski definition) is 2. The third-order valence-corrected chi connectivity index (χ3v) is 5.98. The fourth-order valence-electron chi connectivity index (χ4n) is 3.42. The highest BCUT2D eigenvalue weighted by molar-refractivity contribution is 7.12. The Morgan fingerprint density at radius 2 is 1.79 bits per heavy atom. The molecule has 1 aromatic heterocycles. The van der Waals surface area contributed by atoms with Crippen molar-refractivity contribution < 1.29 is 14.4 Å². The number of anilines is 1. The van der Waals surface area contributed by atoms with Gasteiger partial charge in [0.1, 0.15) is 6.04 Å². The minimum absolute atomic E-state index is 0.0815. The Bertz CT molecular complexity index is 860. The van der Waals surface area contributed by atoms with Crippen LogP contribution in [0.3, 0.4) is 0 Å². The third kappa shape index (κ3) is 4.25. The van der Waals surface area contributed by atoms with E-state index in [0.29, 0.717) is 35.1 Å². The summed E-state index contributed by atoms with van der Waals surface area (Å²) in [5, 5.41) is 7.71. The summed E-state index contributed by atoms with van der Waals surface area (Å²) in [6.45, 7) is 0.592. The summed E-state index contributed by atoms with van der Waals surface area (Å²) < 4.78 is 0. The molecule has 4 rings (SSSR count). The molecule has 2 heterocycles. The molecule has 7 heteroatoms. The van der Waals surface area contributed by atoms with E-state index in [2.05, 4.69) is 10.6 Å². The number of nitrogens with one attached hydrogen (secondary N) is 2. The van der Waals surface area contributed by atoms with Crippen LogP contribution in [-0.2, 0) is 4.79 Å². The van der Waals surface area contributed by atoms with Crippen LogP contribution in [0.4, 0.5) is 5.69 Å². The van der Waals surface area contributed by atoms with Crippen LogP contribution >= 0.6 is 11.3 Å². The first-order valence-corrected chi connectivity index (χ1v) is 10.6. The average molecular weight is 398 g/mol. The van der Waals surface area contributed by atoms with Gasteiger partial charge in [-0.15, -0.1) is 11.3 Å². The standard InChI is InChI=1S/C21H23N3O3S/c25-19(22-16-10-11-16)14-6-8-15(9-7-14)23-20(26)17-4-1-2-12-24(17)21(27)18-5-3-13-28-18/h3,5-9,13,16-17H,1-2,4,10-12H2,(H,22,25)(H,23,26)/t17-/m1/s1. The summed E-state index contributed by atoms with van der Waals surface area (Å²) in [7, 11) is 0. The van der Waals surface area contributed by atoms with Gasteiger partial charge in [-0.25, -0.2) is 0 Å². The number of benzene rings is 1. The van der Waals surface area contributed by atoms with Crippen LogP contribution in [-0.4, -0.2) is 41.2 Å². The maximum absolute atomic E-state index is 12.8. The fraction of sp³-hybridized carbons (Fsp3) is 0.381. The van der Waals surface area contributed by atoms with Gasteiger partial charge >= 0.3 is 0 Å². The molecule has 1 aromatic carbocycles. The van der Waals surface area contributed by atoms with Gasteiger partial charge in [0.2, 0.25) is 5.91 Å². The lowest BCUT2D eigenvalue weighted by Crippen LogP contribution is -2.49. The second kappa shape index (κ2) is 8.14. The number of rotatable bonds is 5. The Balaban J connectivity index is 1.41. The van der Waals surface area contributed by atoms with Crippen molar-refractivity contribution in [2.45, 2.75) is 44.2 Å². The number of thiophene rings is 1. The summed E-state index contributed by atoms with van der Waals surface area (Å²) in [4.78, 5) is 40.0. The van der Waals surface area contributed by atoms with Gasteiger partial charge in [-0.05, 0) is 67.8 Å². The monoisotopic (exact) mass is 397 g/mol. The first-order valence-electron chi connectivity index (χ1n) is 9.68. The number of hydrogen-bond acceptors (Lipinski definition) is 4. The molecule has 1 atom stereocenters. The van der Waals surface area contributed by atoms with Crippen molar-refractivity contribution in [3.63, 3.8) is 0 Å². The first-order chi connectivity index (χ1) is 13.6. The smallest absolute Gasteiger partial charge is 0.264 e. The lowest BCUT2D eigenvalue weighted by Gasteiger charge is -2.34. The van der Waals surface area contributed by atoms with Crippen molar-refractivity contribution in [1.29, 1.82) is 0 Å². The third-order valence-electron chi connectivity index (χ3n) is 5.13.